The van der Waals surface area contributed by atoms with Gasteiger partial charge in [-0.15, -0.1) is 0 Å². The summed E-state index contributed by atoms with van der Waals surface area (Å²) in [7, 11) is 0. The summed E-state index contributed by atoms with van der Waals surface area (Å²) in [6.45, 7) is 2.18. The van der Waals surface area contributed by atoms with Crippen LogP contribution in [0.2, 0.25) is 0 Å². The third kappa shape index (κ3) is 2.75. The third-order valence-corrected chi connectivity index (χ3v) is 3.62. The summed E-state index contributed by atoms with van der Waals surface area (Å²) >= 11 is 3.57. The Morgan fingerprint density at radius 1 is 1.47 bits per heavy atom. The Hall–Kier alpha value is -1.16. The van der Waals surface area contributed by atoms with E-state index < -0.39 is 0 Å². The number of ether oxygens (including phenoxy) is 1. The van der Waals surface area contributed by atoms with Crippen molar-refractivity contribution in [2.45, 2.75) is 26.2 Å². The molecule has 0 amide bonds. The molecule has 1 aliphatic carbocycles. The van der Waals surface area contributed by atoms with Crippen LogP contribution in [-0.4, -0.2) is 17.6 Å². The molecule has 0 saturated carbocycles. The fourth-order valence-corrected chi connectivity index (χ4v) is 2.65. The molecule has 0 bridgehead atoms. The Morgan fingerprint density at radius 3 is 2.94 bits per heavy atom. The Morgan fingerprint density at radius 2 is 2.29 bits per heavy atom. The largest absolute Gasteiger partial charge is 0.462 e. The lowest BCUT2D eigenvalue weighted by Crippen LogP contribution is -2.05. The molecule has 0 fully saturated rings. The Kier molecular flexibility index (Phi) is 3.94. The van der Waals surface area contributed by atoms with Gasteiger partial charge >= 0.3 is 5.97 Å². The summed E-state index contributed by atoms with van der Waals surface area (Å²) in [4.78, 5) is 15.7. The number of rotatable bonds is 3. The van der Waals surface area contributed by atoms with E-state index in [1.165, 1.54) is 10.1 Å². The minimum Gasteiger partial charge on any atom is -0.462 e. The topological polar surface area (TPSA) is 39.2 Å². The molecule has 0 radical (unpaired) electrons. The first-order chi connectivity index (χ1) is 8.22. The molecule has 1 aromatic rings. The van der Waals surface area contributed by atoms with Crippen LogP contribution < -0.4 is 0 Å². The fraction of sp³-hybridized carbons (Fsp3) is 0.385. The average molecular weight is 296 g/mol. The zero-order valence-electron chi connectivity index (χ0n) is 9.70. The number of hydrogen-bond acceptors (Lipinski definition) is 3. The van der Waals surface area contributed by atoms with Gasteiger partial charge in [0.2, 0.25) is 0 Å². The quantitative estimate of drug-likeness (QED) is 0.801. The van der Waals surface area contributed by atoms with E-state index in [4.69, 9.17) is 4.74 Å². The molecular weight excluding hydrogens is 282 g/mol. The van der Waals surface area contributed by atoms with Crippen molar-refractivity contribution >= 4 is 27.5 Å². The molecule has 2 rings (SSSR count). The first-order valence-corrected chi connectivity index (χ1v) is 6.51. The molecular formula is C13H14BrNO2. The van der Waals surface area contributed by atoms with E-state index in [1.807, 2.05) is 6.07 Å². The number of halogens is 1. The van der Waals surface area contributed by atoms with Crippen molar-refractivity contribution in [2.75, 3.05) is 6.61 Å². The smallest absolute Gasteiger partial charge is 0.339 e. The van der Waals surface area contributed by atoms with Crippen molar-refractivity contribution in [2.24, 2.45) is 0 Å². The lowest BCUT2D eigenvalue weighted by molar-refractivity contribution is 0.0526. The lowest BCUT2D eigenvalue weighted by Gasteiger charge is -2.06. The van der Waals surface area contributed by atoms with Crippen LogP contribution in [0.4, 0.5) is 0 Å². The minimum absolute atomic E-state index is 0.309. The first kappa shape index (κ1) is 12.3. The van der Waals surface area contributed by atoms with Gasteiger partial charge in [-0.3, -0.25) is 4.98 Å². The second kappa shape index (κ2) is 5.45. The van der Waals surface area contributed by atoms with Crippen molar-refractivity contribution in [3.8, 4) is 0 Å². The summed E-state index contributed by atoms with van der Waals surface area (Å²) in [6.07, 6.45) is 6.60. The molecule has 0 atom stereocenters. The number of aromatic nitrogens is 1. The summed E-state index contributed by atoms with van der Waals surface area (Å²) in [6, 6.07) is 1.85. The number of nitrogens with zero attached hydrogens (tertiary/aromatic N) is 1. The van der Waals surface area contributed by atoms with Crippen LogP contribution in [0.15, 0.2) is 22.9 Å². The highest BCUT2D eigenvalue weighted by Crippen LogP contribution is 2.36. The number of esters is 1. The van der Waals surface area contributed by atoms with Crippen LogP contribution >= 0.6 is 15.9 Å². The monoisotopic (exact) mass is 295 g/mol. The van der Waals surface area contributed by atoms with E-state index >= 15 is 0 Å². The number of pyridine rings is 1. The Bertz CT molecular complexity index is 468. The van der Waals surface area contributed by atoms with Crippen LogP contribution in [-0.2, 0) is 4.74 Å². The molecule has 0 aliphatic heterocycles. The highest BCUT2D eigenvalue weighted by Gasteiger charge is 2.16. The van der Waals surface area contributed by atoms with Crippen LogP contribution in [0.1, 0.15) is 42.1 Å². The summed E-state index contributed by atoms with van der Waals surface area (Å²) in [5.74, 6) is -0.309. The van der Waals surface area contributed by atoms with Crippen molar-refractivity contribution < 1.29 is 9.53 Å². The Balaban J connectivity index is 2.29. The highest BCUT2D eigenvalue weighted by molar-refractivity contribution is 9.11. The van der Waals surface area contributed by atoms with E-state index in [-0.39, 0.29) is 5.97 Å². The maximum absolute atomic E-state index is 11.6. The van der Waals surface area contributed by atoms with Gasteiger partial charge in [-0.25, -0.2) is 4.79 Å². The first-order valence-electron chi connectivity index (χ1n) is 5.72. The second-order valence-electron chi connectivity index (χ2n) is 3.92. The molecule has 0 aromatic carbocycles. The summed E-state index contributed by atoms with van der Waals surface area (Å²) < 4.78 is 6.19. The van der Waals surface area contributed by atoms with Crippen molar-refractivity contribution in [1.82, 2.24) is 4.98 Å². The van der Waals surface area contributed by atoms with Crippen LogP contribution in [0.25, 0.3) is 5.57 Å². The zero-order chi connectivity index (χ0) is 12.3. The molecule has 1 aliphatic rings. The van der Waals surface area contributed by atoms with Gasteiger partial charge in [-0.2, -0.15) is 0 Å². The van der Waals surface area contributed by atoms with Crippen molar-refractivity contribution in [3.63, 3.8) is 0 Å². The van der Waals surface area contributed by atoms with Crippen molar-refractivity contribution in [3.05, 3.63) is 34.1 Å². The predicted molar refractivity (Wildman–Crippen MR) is 69.9 cm³/mol. The Labute approximate surface area is 109 Å². The molecule has 1 aromatic heterocycles. The lowest BCUT2D eigenvalue weighted by atomic mass is 10.1. The van der Waals surface area contributed by atoms with Gasteiger partial charge in [0.1, 0.15) is 0 Å². The standard InChI is InChI=1S/C13H14BrNO2/c1-2-17-13(16)10-6-9(7-15-8-10)11-4-3-5-12(11)14/h6-8H,2-5H2,1H3. The highest BCUT2D eigenvalue weighted by atomic mass is 79.9. The van der Waals surface area contributed by atoms with E-state index in [0.29, 0.717) is 12.2 Å². The van der Waals surface area contributed by atoms with E-state index in [9.17, 15) is 4.79 Å². The van der Waals surface area contributed by atoms with Gasteiger partial charge in [-0.05, 0) is 47.9 Å². The molecule has 4 heteroatoms. The van der Waals surface area contributed by atoms with Crippen LogP contribution in [0, 0.1) is 0 Å². The van der Waals surface area contributed by atoms with E-state index in [0.717, 1.165) is 24.8 Å². The van der Waals surface area contributed by atoms with Gasteiger partial charge in [0.05, 0.1) is 12.2 Å². The predicted octanol–water partition coefficient (Wildman–Crippen LogP) is 3.55. The maximum atomic E-state index is 11.6. The molecule has 17 heavy (non-hydrogen) atoms. The fourth-order valence-electron chi connectivity index (χ4n) is 1.94. The molecule has 0 unspecified atom stereocenters. The number of carbonyl (C=O) groups excluding carboxylic acids is 1. The SMILES string of the molecule is CCOC(=O)c1cncc(C2=C(Br)CCC2)c1. The molecule has 1 heterocycles. The number of allylic oxidation sites excluding steroid dienone is 2. The number of hydrogen-bond donors (Lipinski definition) is 0. The molecule has 90 valence electrons. The normalized spacial score (nSPS) is 15.2. The maximum Gasteiger partial charge on any atom is 0.339 e. The molecule has 3 nitrogen and oxygen atoms in total. The summed E-state index contributed by atoms with van der Waals surface area (Å²) in [5, 5.41) is 0. The molecule has 0 N–H and O–H groups in total. The zero-order valence-corrected chi connectivity index (χ0v) is 11.3. The minimum atomic E-state index is -0.309. The van der Waals surface area contributed by atoms with Gasteiger partial charge < -0.3 is 4.74 Å². The molecule has 0 saturated heterocycles. The average Bonchev–Trinajstić information content (AvgIpc) is 2.76. The van der Waals surface area contributed by atoms with Gasteiger partial charge in [0.25, 0.3) is 0 Å². The van der Waals surface area contributed by atoms with E-state index in [1.54, 1.807) is 19.3 Å². The van der Waals surface area contributed by atoms with Crippen LogP contribution in [0.5, 0.6) is 0 Å². The van der Waals surface area contributed by atoms with Gasteiger partial charge in [-0.1, -0.05) is 15.9 Å². The second-order valence-corrected chi connectivity index (χ2v) is 4.88. The molecule has 0 spiro atoms. The van der Waals surface area contributed by atoms with Gasteiger partial charge in [0, 0.05) is 12.4 Å². The van der Waals surface area contributed by atoms with E-state index in [2.05, 4.69) is 20.9 Å². The van der Waals surface area contributed by atoms with Gasteiger partial charge in [0.15, 0.2) is 0 Å². The van der Waals surface area contributed by atoms with Crippen LogP contribution in [0.3, 0.4) is 0 Å². The summed E-state index contributed by atoms with van der Waals surface area (Å²) in [5.41, 5.74) is 2.78. The number of carbonyl (C=O) groups is 1. The van der Waals surface area contributed by atoms with Crippen molar-refractivity contribution in [1.29, 1.82) is 0 Å². The third-order valence-electron chi connectivity index (χ3n) is 2.75.